The Morgan fingerprint density at radius 3 is 2.71 bits per heavy atom. The van der Waals surface area contributed by atoms with E-state index >= 15 is 0 Å². The Kier molecular flexibility index (Phi) is 7.04. The molecular weight excluding hydrogens is 448 g/mol. The average molecular weight is 481 g/mol. The van der Waals surface area contributed by atoms with E-state index in [1.165, 1.54) is 30.6 Å². The normalized spacial score (nSPS) is 23.4. The zero-order valence-corrected chi connectivity index (χ0v) is 20.3. The summed E-state index contributed by atoms with van der Waals surface area (Å²) in [7, 11) is 0. The molecule has 1 N–H and O–H groups in total. The molecule has 2 aromatic rings. The number of ketones is 1. The van der Waals surface area contributed by atoms with Crippen molar-refractivity contribution in [3.8, 4) is 0 Å². The van der Waals surface area contributed by atoms with Crippen molar-refractivity contribution in [1.82, 2.24) is 14.9 Å². The van der Waals surface area contributed by atoms with Crippen LogP contribution in [0, 0.1) is 11.8 Å². The average Bonchev–Trinajstić information content (AvgIpc) is 3.27. The number of anilines is 1. The molecule has 3 aliphatic rings. The summed E-state index contributed by atoms with van der Waals surface area (Å²) in [4.78, 5) is 50.4. The van der Waals surface area contributed by atoms with E-state index in [-0.39, 0.29) is 30.1 Å². The second kappa shape index (κ2) is 10.3. The lowest BCUT2D eigenvalue weighted by molar-refractivity contribution is -0.139. The number of piperidine rings is 1. The maximum Gasteiger partial charge on any atom is 0.227 e. The Bertz CT molecular complexity index is 1050. The van der Waals surface area contributed by atoms with Crippen LogP contribution in [0.5, 0.6) is 0 Å². The molecule has 3 heterocycles. The number of amides is 2. The molecule has 0 radical (unpaired) electrons. The van der Waals surface area contributed by atoms with Gasteiger partial charge in [-0.3, -0.25) is 19.4 Å². The Balaban J connectivity index is 1.26. The standard InChI is InChI=1S/C26H32N4O3S/c31-22-15-19(25(33)30-12-5-4-10-21(30)18-9-6-11-27-16-18)14-20-24(22)34-26(28-20)29-23(32)13-17-7-2-1-3-8-17/h6,9,11,16-17,19,21H,1-5,7-8,10,12-15H2,(H,28,29,32). The van der Waals surface area contributed by atoms with Crippen LogP contribution in [0.15, 0.2) is 24.5 Å². The minimum atomic E-state index is -0.398. The largest absolute Gasteiger partial charge is 0.335 e. The van der Waals surface area contributed by atoms with E-state index in [2.05, 4.69) is 15.3 Å². The van der Waals surface area contributed by atoms with Gasteiger partial charge in [0.15, 0.2) is 10.9 Å². The van der Waals surface area contributed by atoms with Gasteiger partial charge < -0.3 is 10.2 Å². The van der Waals surface area contributed by atoms with Gasteiger partial charge in [0.25, 0.3) is 0 Å². The van der Waals surface area contributed by atoms with Crippen LogP contribution in [-0.4, -0.2) is 39.0 Å². The predicted molar refractivity (Wildman–Crippen MR) is 131 cm³/mol. The summed E-state index contributed by atoms with van der Waals surface area (Å²) < 4.78 is 0. The molecule has 2 unspecified atom stereocenters. The van der Waals surface area contributed by atoms with Crippen molar-refractivity contribution in [1.29, 1.82) is 0 Å². The highest BCUT2D eigenvalue weighted by molar-refractivity contribution is 7.17. The molecule has 1 aliphatic heterocycles. The monoisotopic (exact) mass is 480 g/mol. The second-order valence-electron chi connectivity index (χ2n) is 9.91. The van der Waals surface area contributed by atoms with Crippen molar-refractivity contribution in [2.45, 2.75) is 76.7 Å². The Labute approximate surface area is 204 Å². The molecule has 5 rings (SSSR count). The van der Waals surface area contributed by atoms with Gasteiger partial charge in [-0.1, -0.05) is 36.7 Å². The van der Waals surface area contributed by atoms with E-state index in [0.717, 1.165) is 37.7 Å². The van der Waals surface area contributed by atoms with Crippen LogP contribution in [0.3, 0.4) is 0 Å². The van der Waals surface area contributed by atoms with Crippen LogP contribution in [0.2, 0.25) is 0 Å². The van der Waals surface area contributed by atoms with Gasteiger partial charge in [0.2, 0.25) is 11.8 Å². The van der Waals surface area contributed by atoms with Crippen molar-refractivity contribution in [3.05, 3.63) is 40.7 Å². The molecular formula is C26H32N4O3S. The lowest BCUT2D eigenvalue weighted by Crippen LogP contribution is -2.44. The molecule has 0 aromatic carbocycles. The number of thiazole rings is 1. The van der Waals surface area contributed by atoms with Gasteiger partial charge in [-0.2, -0.15) is 0 Å². The Morgan fingerprint density at radius 2 is 1.91 bits per heavy atom. The molecule has 2 atom stereocenters. The first-order chi connectivity index (χ1) is 16.6. The van der Waals surface area contributed by atoms with Crippen molar-refractivity contribution in [2.24, 2.45) is 11.8 Å². The van der Waals surface area contributed by atoms with Crippen molar-refractivity contribution >= 4 is 34.1 Å². The van der Waals surface area contributed by atoms with Crippen LogP contribution >= 0.6 is 11.3 Å². The number of likely N-dealkylation sites (tertiary alicyclic amines) is 1. The quantitative estimate of drug-likeness (QED) is 0.654. The molecule has 0 spiro atoms. The molecule has 1 saturated heterocycles. The molecule has 2 aliphatic carbocycles. The number of Topliss-reactive ketones (excluding diaryl/α,β-unsaturated/α-hetero) is 1. The third kappa shape index (κ3) is 5.06. The molecule has 180 valence electrons. The fourth-order valence-electron chi connectivity index (χ4n) is 5.73. The van der Waals surface area contributed by atoms with Crippen LogP contribution < -0.4 is 5.32 Å². The molecule has 0 bridgehead atoms. The minimum Gasteiger partial charge on any atom is -0.335 e. The fourth-order valence-corrected chi connectivity index (χ4v) is 6.69. The van der Waals surface area contributed by atoms with E-state index in [1.54, 1.807) is 6.20 Å². The lowest BCUT2D eigenvalue weighted by Gasteiger charge is -2.38. The number of hydrogen-bond donors (Lipinski definition) is 1. The summed E-state index contributed by atoms with van der Waals surface area (Å²) >= 11 is 1.25. The summed E-state index contributed by atoms with van der Waals surface area (Å²) in [5.41, 5.74) is 1.71. The third-order valence-electron chi connectivity index (χ3n) is 7.47. The first kappa shape index (κ1) is 23.1. The van der Waals surface area contributed by atoms with Crippen LogP contribution in [-0.2, 0) is 16.0 Å². The van der Waals surface area contributed by atoms with E-state index in [0.29, 0.717) is 41.0 Å². The first-order valence-electron chi connectivity index (χ1n) is 12.6. The summed E-state index contributed by atoms with van der Waals surface area (Å²) in [6, 6.07) is 3.94. The van der Waals surface area contributed by atoms with E-state index in [4.69, 9.17) is 0 Å². The zero-order valence-electron chi connectivity index (χ0n) is 19.5. The molecule has 2 amide bonds. The number of pyridine rings is 1. The Hall–Kier alpha value is -2.61. The third-order valence-corrected chi connectivity index (χ3v) is 8.53. The maximum atomic E-state index is 13.6. The van der Waals surface area contributed by atoms with E-state index in [1.807, 2.05) is 23.2 Å². The first-order valence-corrected chi connectivity index (χ1v) is 13.4. The van der Waals surface area contributed by atoms with Gasteiger partial charge >= 0.3 is 0 Å². The number of nitrogens with zero attached hydrogens (tertiary/aromatic N) is 3. The SMILES string of the molecule is O=C(CC1CCCCC1)Nc1nc2c(s1)C(=O)CC(C(=O)N1CCCCC1c1cccnc1)C2. The Morgan fingerprint density at radius 1 is 1.09 bits per heavy atom. The number of aromatic nitrogens is 2. The predicted octanol–water partition coefficient (Wildman–Crippen LogP) is 4.95. The van der Waals surface area contributed by atoms with Gasteiger partial charge in [0.1, 0.15) is 0 Å². The van der Waals surface area contributed by atoms with Crippen LogP contribution in [0.1, 0.15) is 91.2 Å². The van der Waals surface area contributed by atoms with Crippen molar-refractivity contribution in [3.63, 3.8) is 0 Å². The second-order valence-corrected chi connectivity index (χ2v) is 10.9. The molecule has 34 heavy (non-hydrogen) atoms. The number of hydrogen-bond acceptors (Lipinski definition) is 6. The topological polar surface area (TPSA) is 92.3 Å². The number of nitrogens with one attached hydrogen (secondary N) is 1. The van der Waals surface area contributed by atoms with E-state index in [9.17, 15) is 14.4 Å². The van der Waals surface area contributed by atoms with Crippen LogP contribution in [0.25, 0.3) is 0 Å². The van der Waals surface area contributed by atoms with Gasteiger partial charge in [-0.15, -0.1) is 0 Å². The van der Waals surface area contributed by atoms with Crippen molar-refractivity contribution < 1.29 is 14.4 Å². The number of carbonyl (C=O) groups is 3. The highest BCUT2D eigenvalue weighted by atomic mass is 32.1. The van der Waals surface area contributed by atoms with Gasteiger partial charge in [-0.05, 0) is 49.7 Å². The van der Waals surface area contributed by atoms with Crippen molar-refractivity contribution in [2.75, 3.05) is 11.9 Å². The zero-order chi connectivity index (χ0) is 23.5. The smallest absolute Gasteiger partial charge is 0.227 e. The number of rotatable bonds is 5. The molecule has 2 aromatic heterocycles. The molecule has 2 fully saturated rings. The van der Waals surface area contributed by atoms with Gasteiger partial charge in [-0.25, -0.2) is 4.98 Å². The fraction of sp³-hybridized carbons (Fsp3) is 0.577. The summed E-state index contributed by atoms with van der Waals surface area (Å²) in [5, 5.41) is 3.40. The number of fused-ring (bicyclic) bond motifs is 1. The lowest BCUT2D eigenvalue weighted by atomic mass is 9.87. The molecule has 1 saturated carbocycles. The molecule has 7 nitrogen and oxygen atoms in total. The van der Waals surface area contributed by atoms with E-state index < -0.39 is 5.92 Å². The highest BCUT2D eigenvalue weighted by Gasteiger charge is 2.38. The van der Waals surface area contributed by atoms with Gasteiger partial charge in [0, 0.05) is 38.2 Å². The summed E-state index contributed by atoms with van der Waals surface area (Å²) in [5.74, 6) is 0.0170. The minimum absolute atomic E-state index is 0.0107. The highest BCUT2D eigenvalue weighted by Crippen LogP contribution is 2.37. The van der Waals surface area contributed by atoms with Crippen LogP contribution in [0.4, 0.5) is 5.13 Å². The maximum absolute atomic E-state index is 13.6. The van der Waals surface area contributed by atoms with Gasteiger partial charge in [0.05, 0.1) is 22.5 Å². The summed E-state index contributed by atoms with van der Waals surface area (Å²) in [6.45, 7) is 0.704. The molecule has 8 heteroatoms. The summed E-state index contributed by atoms with van der Waals surface area (Å²) in [6.07, 6.45) is 13.6. The number of carbonyl (C=O) groups excluding carboxylic acids is 3.